The number of piperidine rings is 1. The van der Waals surface area contributed by atoms with Gasteiger partial charge in [-0.3, -0.25) is 4.79 Å². The number of carbonyl (C=O) groups is 2. The summed E-state index contributed by atoms with van der Waals surface area (Å²) in [6, 6.07) is 4.38. The average Bonchev–Trinajstić information content (AvgIpc) is 2.46. The lowest BCUT2D eigenvalue weighted by Crippen LogP contribution is -2.41. The topological polar surface area (TPSA) is 90.7 Å². The van der Waals surface area contributed by atoms with Crippen LogP contribution < -0.4 is 0 Å². The summed E-state index contributed by atoms with van der Waals surface area (Å²) in [5, 5.41) is 18.0. The number of aromatic carboxylic acids is 1. The third-order valence-corrected chi connectivity index (χ3v) is 3.25. The predicted octanol–water partition coefficient (Wildman–Crippen LogP) is 0.624. The number of hydrogen-bond acceptors (Lipinski definition) is 4. The Morgan fingerprint density at radius 1 is 1.37 bits per heavy atom. The number of aliphatic hydroxyl groups is 1. The lowest BCUT2D eigenvalue weighted by atomic mass is 9.99. The van der Waals surface area contributed by atoms with Crippen LogP contribution in [0.4, 0.5) is 0 Å². The van der Waals surface area contributed by atoms with Crippen molar-refractivity contribution in [2.45, 2.75) is 12.8 Å². The minimum absolute atomic E-state index is 0.0619. The van der Waals surface area contributed by atoms with E-state index in [-0.39, 0.29) is 29.8 Å². The lowest BCUT2D eigenvalue weighted by Gasteiger charge is -2.31. The number of aromatic nitrogens is 1. The number of rotatable bonds is 3. The van der Waals surface area contributed by atoms with Crippen molar-refractivity contribution in [3.8, 4) is 0 Å². The summed E-state index contributed by atoms with van der Waals surface area (Å²) in [7, 11) is 0. The van der Waals surface area contributed by atoms with E-state index in [0.717, 1.165) is 12.8 Å². The molecule has 0 radical (unpaired) electrons. The van der Waals surface area contributed by atoms with Gasteiger partial charge < -0.3 is 15.1 Å². The van der Waals surface area contributed by atoms with Crippen molar-refractivity contribution in [3.63, 3.8) is 0 Å². The van der Waals surface area contributed by atoms with Gasteiger partial charge in [0.05, 0.1) is 0 Å². The molecule has 2 N–H and O–H groups in total. The smallest absolute Gasteiger partial charge is 0.354 e. The SMILES string of the molecule is O=C(O)c1cccc(C(=O)N2CCCC(CO)C2)n1. The molecule has 2 heterocycles. The van der Waals surface area contributed by atoms with Gasteiger partial charge in [0.15, 0.2) is 0 Å². The maximum absolute atomic E-state index is 12.2. The lowest BCUT2D eigenvalue weighted by molar-refractivity contribution is 0.0614. The molecule has 1 unspecified atom stereocenters. The van der Waals surface area contributed by atoms with Crippen LogP contribution >= 0.6 is 0 Å². The van der Waals surface area contributed by atoms with Crippen LogP contribution in [0.25, 0.3) is 0 Å². The van der Waals surface area contributed by atoms with E-state index in [1.54, 1.807) is 4.90 Å². The summed E-state index contributed by atoms with van der Waals surface area (Å²) in [4.78, 5) is 28.5. The Bertz CT molecular complexity index is 489. The first-order valence-electron chi connectivity index (χ1n) is 6.22. The Balaban J connectivity index is 2.14. The molecule has 1 saturated heterocycles. The molecule has 1 aromatic rings. The summed E-state index contributed by atoms with van der Waals surface area (Å²) in [5.74, 6) is -1.33. The molecule has 2 rings (SSSR count). The first kappa shape index (κ1) is 13.5. The minimum Gasteiger partial charge on any atom is -0.477 e. The highest BCUT2D eigenvalue weighted by molar-refractivity contribution is 5.94. The maximum Gasteiger partial charge on any atom is 0.354 e. The fourth-order valence-corrected chi connectivity index (χ4v) is 2.23. The Morgan fingerprint density at radius 2 is 2.11 bits per heavy atom. The summed E-state index contributed by atoms with van der Waals surface area (Å²) in [6.45, 7) is 1.18. The zero-order chi connectivity index (χ0) is 13.8. The molecule has 0 aromatic carbocycles. The zero-order valence-electron chi connectivity index (χ0n) is 10.5. The fourth-order valence-electron chi connectivity index (χ4n) is 2.23. The number of carboxylic acids is 1. The van der Waals surface area contributed by atoms with E-state index >= 15 is 0 Å². The van der Waals surface area contributed by atoms with E-state index < -0.39 is 5.97 Å². The van der Waals surface area contributed by atoms with E-state index in [0.29, 0.717) is 13.1 Å². The van der Waals surface area contributed by atoms with Gasteiger partial charge in [-0.15, -0.1) is 0 Å². The quantitative estimate of drug-likeness (QED) is 0.835. The highest BCUT2D eigenvalue weighted by Gasteiger charge is 2.25. The Kier molecular flexibility index (Phi) is 4.11. The normalized spacial score (nSPS) is 19.2. The minimum atomic E-state index is -1.15. The van der Waals surface area contributed by atoms with E-state index in [9.17, 15) is 9.59 Å². The fraction of sp³-hybridized carbons (Fsp3) is 0.462. The van der Waals surface area contributed by atoms with E-state index in [4.69, 9.17) is 10.2 Å². The second kappa shape index (κ2) is 5.79. The first-order valence-corrected chi connectivity index (χ1v) is 6.22. The van der Waals surface area contributed by atoms with Gasteiger partial charge in [-0.1, -0.05) is 6.07 Å². The summed E-state index contributed by atoms with van der Waals surface area (Å²) in [6.07, 6.45) is 1.75. The Hall–Kier alpha value is -1.95. The van der Waals surface area contributed by atoms with Crippen LogP contribution in [0, 0.1) is 5.92 Å². The summed E-state index contributed by atoms with van der Waals surface area (Å²) in [5.41, 5.74) is 0.0000532. The largest absolute Gasteiger partial charge is 0.477 e. The number of amides is 1. The molecule has 19 heavy (non-hydrogen) atoms. The molecule has 0 aliphatic carbocycles. The van der Waals surface area contributed by atoms with Gasteiger partial charge in [0.2, 0.25) is 0 Å². The highest BCUT2D eigenvalue weighted by atomic mass is 16.4. The molecule has 1 aliphatic rings. The van der Waals surface area contributed by atoms with Crippen molar-refractivity contribution in [1.29, 1.82) is 0 Å². The summed E-state index contributed by atoms with van der Waals surface area (Å²) < 4.78 is 0. The monoisotopic (exact) mass is 264 g/mol. The number of likely N-dealkylation sites (tertiary alicyclic amines) is 1. The van der Waals surface area contributed by atoms with Crippen LogP contribution in [-0.2, 0) is 0 Å². The average molecular weight is 264 g/mol. The molecule has 0 bridgehead atoms. The molecule has 0 spiro atoms. The number of nitrogens with zero attached hydrogens (tertiary/aromatic N) is 2. The molecular weight excluding hydrogens is 248 g/mol. The van der Waals surface area contributed by atoms with Crippen molar-refractivity contribution in [2.24, 2.45) is 5.92 Å². The third kappa shape index (κ3) is 3.08. The van der Waals surface area contributed by atoms with Crippen LogP contribution in [0.5, 0.6) is 0 Å². The molecule has 6 nitrogen and oxygen atoms in total. The summed E-state index contributed by atoms with van der Waals surface area (Å²) >= 11 is 0. The van der Waals surface area contributed by atoms with Crippen molar-refractivity contribution in [2.75, 3.05) is 19.7 Å². The molecule has 6 heteroatoms. The van der Waals surface area contributed by atoms with Crippen LogP contribution in [0.15, 0.2) is 18.2 Å². The number of pyridine rings is 1. The molecular formula is C13H16N2O4. The van der Waals surface area contributed by atoms with Crippen LogP contribution in [0.1, 0.15) is 33.8 Å². The Labute approximate surface area is 110 Å². The second-order valence-corrected chi connectivity index (χ2v) is 4.66. The van der Waals surface area contributed by atoms with Gasteiger partial charge in [0.25, 0.3) is 5.91 Å². The van der Waals surface area contributed by atoms with Gasteiger partial charge in [0.1, 0.15) is 11.4 Å². The molecule has 0 saturated carbocycles. The Morgan fingerprint density at radius 3 is 2.79 bits per heavy atom. The number of hydrogen-bond donors (Lipinski definition) is 2. The van der Waals surface area contributed by atoms with Gasteiger partial charge >= 0.3 is 5.97 Å². The molecule has 1 amide bonds. The van der Waals surface area contributed by atoms with Crippen molar-refractivity contribution >= 4 is 11.9 Å². The number of carbonyl (C=O) groups excluding carboxylic acids is 1. The molecule has 1 atom stereocenters. The second-order valence-electron chi connectivity index (χ2n) is 4.66. The zero-order valence-corrected chi connectivity index (χ0v) is 10.5. The molecule has 1 aliphatic heterocycles. The first-order chi connectivity index (χ1) is 9.11. The van der Waals surface area contributed by atoms with E-state index in [2.05, 4.69) is 4.98 Å². The standard InChI is InChI=1S/C13H16N2O4/c16-8-9-3-2-6-15(7-9)12(17)10-4-1-5-11(14-10)13(18)19/h1,4-5,9,16H,2-3,6-8H2,(H,18,19). The third-order valence-electron chi connectivity index (χ3n) is 3.25. The van der Waals surface area contributed by atoms with Gasteiger partial charge in [-0.25, -0.2) is 9.78 Å². The van der Waals surface area contributed by atoms with Crippen LogP contribution in [0.3, 0.4) is 0 Å². The van der Waals surface area contributed by atoms with Crippen molar-refractivity contribution in [3.05, 3.63) is 29.6 Å². The number of aliphatic hydroxyl groups excluding tert-OH is 1. The van der Waals surface area contributed by atoms with Crippen molar-refractivity contribution < 1.29 is 19.8 Å². The molecule has 1 aromatic heterocycles. The van der Waals surface area contributed by atoms with E-state index in [1.807, 2.05) is 0 Å². The number of carboxylic acid groups (broad SMARTS) is 1. The highest BCUT2D eigenvalue weighted by Crippen LogP contribution is 2.17. The van der Waals surface area contributed by atoms with Gasteiger partial charge in [-0.05, 0) is 30.9 Å². The maximum atomic E-state index is 12.2. The van der Waals surface area contributed by atoms with Gasteiger partial charge in [-0.2, -0.15) is 0 Å². The van der Waals surface area contributed by atoms with Crippen LogP contribution in [0.2, 0.25) is 0 Å². The molecule has 1 fully saturated rings. The van der Waals surface area contributed by atoms with Crippen molar-refractivity contribution in [1.82, 2.24) is 9.88 Å². The van der Waals surface area contributed by atoms with Crippen LogP contribution in [-0.4, -0.2) is 51.7 Å². The van der Waals surface area contributed by atoms with E-state index in [1.165, 1.54) is 18.2 Å². The van der Waals surface area contributed by atoms with Gasteiger partial charge in [0, 0.05) is 19.7 Å². The molecule has 102 valence electrons. The predicted molar refractivity (Wildman–Crippen MR) is 66.9 cm³/mol.